The lowest BCUT2D eigenvalue weighted by atomic mass is 10.2. The van der Waals surface area contributed by atoms with Gasteiger partial charge in [-0.15, -0.1) is 11.3 Å². The number of hydrogen-bond acceptors (Lipinski definition) is 2. The van der Waals surface area contributed by atoms with Gasteiger partial charge in [0.2, 0.25) is 0 Å². The maximum Gasteiger partial charge on any atom is 0.147 e. The van der Waals surface area contributed by atoms with E-state index in [1.54, 1.807) is 18.4 Å². The van der Waals surface area contributed by atoms with Crippen LogP contribution in [0.1, 0.15) is 0 Å². The third-order valence-electron chi connectivity index (χ3n) is 1.81. The molecule has 0 aliphatic rings. The topological polar surface area (TPSA) is 9.23 Å². The molecule has 1 aromatic heterocycles. The Balaban J connectivity index is 2.85. The third-order valence-corrected chi connectivity index (χ3v) is 4.05. The first kappa shape index (κ1) is 9.49. The molecule has 1 aromatic carbocycles. The minimum absolute atomic E-state index is 0.853. The lowest BCUT2D eigenvalue weighted by molar-refractivity contribution is 0.410. The molecule has 0 aliphatic heterocycles. The first-order valence-corrected chi connectivity index (χ1v) is 6.10. The van der Waals surface area contributed by atoms with Crippen LogP contribution in [0.3, 0.4) is 0 Å². The minimum atomic E-state index is 0.853. The van der Waals surface area contributed by atoms with Crippen molar-refractivity contribution in [2.45, 2.75) is 0 Å². The van der Waals surface area contributed by atoms with Crippen LogP contribution >= 0.6 is 43.2 Å². The molecule has 0 aliphatic carbocycles. The zero-order valence-electron chi connectivity index (χ0n) is 6.80. The molecular weight excluding hydrogens is 316 g/mol. The zero-order valence-corrected chi connectivity index (χ0v) is 10.8. The molecule has 0 N–H and O–H groups in total. The number of rotatable bonds is 1. The number of fused-ring (bicyclic) bond motifs is 1. The van der Waals surface area contributed by atoms with Crippen LogP contribution in [-0.4, -0.2) is 7.11 Å². The average Bonchev–Trinajstić information content (AvgIpc) is 2.53. The second kappa shape index (κ2) is 3.59. The van der Waals surface area contributed by atoms with Gasteiger partial charge in [0.25, 0.3) is 0 Å². The van der Waals surface area contributed by atoms with Crippen LogP contribution in [0.15, 0.2) is 26.5 Å². The van der Waals surface area contributed by atoms with Crippen molar-refractivity contribution in [3.63, 3.8) is 0 Å². The minimum Gasteiger partial charge on any atom is -0.494 e. The molecule has 0 bridgehead atoms. The molecular formula is C9H6Br2OS. The third kappa shape index (κ3) is 1.51. The van der Waals surface area contributed by atoms with Crippen LogP contribution in [0.4, 0.5) is 0 Å². The highest BCUT2D eigenvalue weighted by molar-refractivity contribution is 9.11. The van der Waals surface area contributed by atoms with Gasteiger partial charge in [0.05, 0.1) is 16.1 Å². The normalized spacial score (nSPS) is 10.7. The summed E-state index contributed by atoms with van der Waals surface area (Å²) in [5, 5.41) is 3.27. The molecule has 0 saturated carbocycles. The van der Waals surface area contributed by atoms with Gasteiger partial charge < -0.3 is 4.74 Å². The summed E-state index contributed by atoms with van der Waals surface area (Å²) in [5.41, 5.74) is 0. The Labute approximate surface area is 97.0 Å². The van der Waals surface area contributed by atoms with Gasteiger partial charge in [-0.3, -0.25) is 0 Å². The maximum absolute atomic E-state index is 5.26. The van der Waals surface area contributed by atoms with E-state index in [9.17, 15) is 0 Å². The van der Waals surface area contributed by atoms with Crippen molar-refractivity contribution in [2.75, 3.05) is 7.11 Å². The molecule has 1 heterocycles. The van der Waals surface area contributed by atoms with Gasteiger partial charge in [-0.05, 0) is 49.4 Å². The van der Waals surface area contributed by atoms with E-state index in [1.165, 1.54) is 10.1 Å². The molecule has 4 heteroatoms. The molecule has 0 amide bonds. The molecule has 13 heavy (non-hydrogen) atoms. The van der Waals surface area contributed by atoms with Crippen LogP contribution in [-0.2, 0) is 0 Å². The number of ether oxygens (including phenoxy) is 1. The predicted molar refractivity (Wildman–Crippen MR) is 63.8 cm³/mol. The smallest absolute Gasteiger partial charge is 0.147 e. The lowest BCUT2D eigenvalue weighted by Crippen LogP contribution is -1.85. The molecule has 0 spiro atoms. The Kier molecular flexibility index (Phi) is 2.62. The van der Waals surface area contributed by atoms with Crippen LogP contribution < -0.4 is 4.74 Å². The largest absolute Gasteiger partial charge is 0.494 e. The van der Waals surface area contributed by atoms with E-state index in [1.807, 2.05) is 0 Å². The van der Waals surface area contributed by atoms with Gasteiger partial charge in [-0.2, -0.15) is 0 Å². The SMILES string of the molecule is COc1c(Br)cc2sccc2c1Br. The molecule has 0 atom stereocenters. The molecule has 0 fully saturated rings. The number of benzene rings is 1. The maximum atomic E-state index is 5.26. The molecule has 0 unspecified atom stereocenters. The van der Waals surface area contributed by atoms with Gasteiger partial charge in [0.1, 0.15) is 5.75 Å². The molecule has 68 valence electrons. The van der Waals surface area contributed by atoms with Gasteiger partial charge in [0.15, 0.2) is 0 Å². The Morgan fingerprint density at radius 1 is 1.38 bits per heavy atom. The first-order chi connectivity index (χ1) is 6.24. The van der Waals surface area contributed by atoms with E-state index in [0.717, 1.165) is 14.7 Å². The van der Waals surface area contributed by atoms with Crippen molar-refractivity contribution < 1.29 is 4.74 Å². The molecule has 2 rings (SSSR count). The summed E-state index contributed by atoms with van der Waals surface area (Å²) >= 11 is 8.71. The summed E-state index contributed by atoms with van der Waals surface area (Å²) in [6.07, 6.45) is 0. The summed E-state index contributed by atoms with van der Waals surface area (Å²) in [5.74, 6) is 0.853. The Morgan fingerprint density at radius 2 is 2.15 bits per heavy atom. The van der Waals surface area contributed by atoms with Crippen LogP contribution in [0.25, 0.3) is 10.1 Å². The Bertz CT molecular complexity index is 450. The van der Waals surface area contributed by atoms with Crippen molar-refractivity contribution in [2.24, 2.45) is 0 Å². The molecule has 0 radical (unpaired) electrons. The second-order valence-electron chi connectivity index (χ2n) is 2.54. The second-order valence-corrected chi connectivity index (χ2v) is 5.13. The van der Waals surface area contributed by atoms with Gasteiger partial charge in [-0.25, -0.2) is 0 Å². The Morgan fingerprint density at radius 3 is 2.85 bits per heavy atom. The summed E-state index contributed by atoms with van der Waals surface area (Å²) in [7, 11) is 1.67. The monoisotopic (exact) mass is 320 g/mol. The average molecular weight is 322 g/mol. The summed E-state index contributed by atoms with van der Waals surface area (Å²) in [6.45, 7) is 0. The fraction of sp³-hybridized carbons (Fsp3) is 0.111. The van der Waals surface area contributed by atoms with Crippen molar-refractivity contribution in [1.29, 1.82) is 0 Å². The van der Waals surface area contributed by atoms with Gasteiger partial charge >= 0.3 is 0 Å². The van der Waals surface area contributed by atoms with Crippen molar-refractivity contribution >= 4 is 53.3 Å². The van der Waals surface area contributed by atoms with Crippen molar-refractivity contribution in [3.05, 3.63) is 26.5 Å². The fourth-order valence-corrected chi connectivity index (χ4v) is 3.90. The van der Waals surface area contributed by atoms with Gasteiger partial charge in [0, 0.05) is 10.1 Å². The highest BCUT2D eigenvalue weighted by Gasteiger charge is 2.10. The predicted octanol–water partition coefficient (Wildman–Crippen LogP) is 4.43. The lowest BCUT2D eigenvalue weighted by Gasteiger charge is -2.06. The number of methoxy groups -OCH3 is 1. The fourth-order valence-electron chi connectivity index (χ4n) is 1.21. The molecule has 0 saturated heterocycles. The van der Waals surface area contributed by atoms with Crippen LogP contribution in [0, 0.1) is 0 Å². The van der Waals surface area contributed by atoms with E-state index >= 15 is 0 Å². The number of halogens is 2. The highest BCUT2D eigenvalue weighted by atomic mass is 79.9. The van der Waals surface area contributed by atoms with E-state index in [0.29, 0.717) is 0 Å². The number of hydrogen-bond donors (Lipinski definition) is 0. The standard InChI is InChI=1S/C9H6Br2OS/c1-12-9-6(10)4-7-5(8(9)11)2-3-13-7/h2-4H,1H3. The first-order valence-electron chi connectivity index (χ1n) is 3.63. The van der Waals surface area contributed by atoms with E-state index in [2.05, 4.69) is 49.4 Å². The Hall–Kier alpha value is -0.0600. The van der Waals surface area contributed by atoms with E-state index < -0.39 is 0 Å². The highest BCUT2D eigenvalue weighted by Crippen LogP contribution is 2.41. The summed E-state index contributed by atoms with van der Waals surface area (Å²) < 4.78 is 8.51. The van der Waals surface area contributed by atoms with Crippen molar-refractivity contribution in [1.82, 2.24) is 0 Å². The van der Waals surface area contributed by atoms with Crippen molar-refractivity contribution in [3.8, 4) is 5.75 Å². The molecule has 2 aromatic rings. The summed E-state index contributed by atoms with van der Waals surface area (Å²) in [4.78, 5) is 0. The van der Waals surface area contributed by atoms with Gasteiger partial charge in [-0.1, -0.05) is 0 Å². The summed E-state index contributed by atoms with van der Waals surface area (Å²) in [6, 6.07) is 4.16. The number of thiophene rings is 1. The zero-order chi connectivity index (χ0) is 9.42. The molecule has 1 nitrogen and oxygen atoms in total. The van der Waals surface area contributed by atoms with Crippen LogP contribution in [0.5, 0.6) is 5.75 Å². The van der Waals surface area contributed by atoms with E-state index in [4.69, 9.17) is 4.74 Å². The quantitative estimate of drug-likeness (QED) is 0.754. The van der Waals surface area contributed by atoms with E-state index in [-0.39, 0.29) is 0 Å². The van der Waals surface area contributed by atoms with Crippen LogP contribution in [0.2, 0.25) is 0 Å².